The molecule has 1 aliphatic heterocycles. The van der Waals surface area contributed by atoms with Crippen molar-refractivity contribution in [1.82, 2.24) is 4.90 Å². The van der Waals surface area contributed by atoms with Crippen LogP contribution >= 0.6 is 12.4 Å². The molecule has 6 nitrogen and oxygen atoms in total. The third-order valence-corrected chi connectivity index (χ3v) is 3.01. The fourth-order valence-electron chi connectivity index (χ4n) is 1.93. The minimum absolute atomic E-state index is 0. The lowest BCUT2D eigenvalue weighted by atomic mass is 10.3. The Morgan fingerprint density at radius 2 is 1.90 bits per heavy atom. The molecule has 2 rings (SSSR count). The summed E-state index contributed by atoms with van der Waals surface area (Å²) >= 11 is 0. The predicted octanol–water partition coefficient (Wildman–Crippen LogP) is 1.76. The number of carbonyl (C=O) groups is 1. The van der Waals surface area contributed by atoms with E-state index in [1.54, 1.807) is 7.11 Å². The highest BCUT2D eigenvalue weighted by molar-refractivity contribution is 6.37. The molecule has 0 atom stereocenters. The summed E-state index contributed by atoms with van der Waals surface area (Å²) in [6.45, 7) is 4.12. The Labute approximate surface area is 130 Å². The Hall–Kier alpha value is -1.79. The number of halogens is 1. The SMILES string of the molecule is COc1ccc(NN=C(C(C)=O)N2CCOCC2)cc1.Cl. The number of Topliss-reactive ketones (excluding diaryl/α,β-unsaturated/α-hetero) is 1. The zero-order valence-electron chi connectivity index (χ0n) is 12.2. The molecule has 1 aliphatic rings. The van der Waals surface area contributed by atoms with Gasteiger partial charge in [0.05, 0.1) is 26.0 Å². The summed E-state index contributed by atoms with van der Waals surface area (Å²) in [4.78, 5) is 13.6. The summed E-state index contributed by atoms with van der Waals surface area (Å²) < 4.78 is 10.4. The van der Waals surface area contributed by atoms with E-state index in [1.165, 1.54) is 6.92 Å². The van der Waals surface area contributed by atoms with E-state index >= 15 is 0 Å². The van der Waals surface area contributed by atoms with Gasteiger partial charge < -0.3 is 14.4 Å². The second kappa shape index (κ2) is 8.49. The summed E-state index contributed by atoms with van der Waals surface area (Å²) in [6, 6.07) is 7.36. The van der Waals surface area contributed by atoms with E-state index in [-0.39, 0.29) is 18.2 Å². The Morgan fingerprint density at radius 1 is 1.29 bits per heavy atom. The van der Waals surface area contributed by atoms with E-state index in [2.05, 4.69) is 10.5 Å². The molecule has 1 N–H and O–H groups in total. The van der Waals surface area contributed by atoms with Gasteiger partial charge in [-0.3, -0.25) is 10.2 Å². The van der Waals surface area contributed by atoms with Crippen molar-refractivity contribution in [3.63, 3.8) is 0 Å². The van der Waals surface area contributed by atoms with Crippen LogP contribution in [0.4, 0.5) is 5.69 Å². The molecular formula is C14H20ClN3O3. The fraction of sp³-hybridized carbons (Fsp3) is 0.429. The van der Waals surface area contributed by atoms with Crippen LogP contribution in [-0.2, 0) is 9.53 Å². The van der Waals surface area contributed by atoms with Gasteiger partial charge in [0, 0.05) is 20.0 Å². The molecule has 21 heavy (non-hydrogen) atoms. The number of methoxy groups -OCH3 is 1. The van der Waals surface area contributed by atoms with Crippen molar-refractivity contribution in [2.24, 2.45) is 5.10 Å². The van der Waals surface area contributed by atoms with E-state index in [9.17, 15) is 4.79 Å². The summed E-state index contributed by atoms with van der Waals surface area (Å²) in [5.74, 6) is 1.15. The molecule has 0 aliphatic carbocycles. The van der Waals surface area contributed by atoms with Crippen LogP contribution in [0.25, 0.3) is 0 Å². The average molecular weight is 314 g/mol. The van der Waals surface area contributed by atoms with Crippen LogP contribution in [0.2, 0.25) is 0 Å². The molecule has 1 saturated heterocycles. The van der Waals surface area contributed by atoms with Crippen LogP contribution in [0.3, 0.4) is 0 Å². The molecular weight excluding hydrogens is 294 g/mol. The van der Waals surface area contributed by atoms with Crippen LogP contribution in [0.1, 0.15) is 6.92 Å². The first-order chi connectivity index (χ1) is 9.70. The maximum absolute atomic E-state index is 11.7. The Bertz CT molecular complexity index is 485. The molecule has 0 unspecified atom stereocenters. The molecule has 1 aromatic carbocycles. The van der Waals surface area contributed by atoms with Crippen molar-refractivity contribution >= 4 is 29.7 Å². The number of amidine groups is 1. The van der Waals surface area contributed by atoms with Gasteiger partial charge in [0.15, 0.2) is 11.6 Å². The van der Waals surface area contributed by atoms with Crippen LogP contribution < -0.4 is 10.2 Å². The van der Waals surface area contributed by atoms with Crippen molar-refractivity contribution in [3.05, 3.63) is 24.3 Å². The Kier molecular flexibility index (Phi) is 6.98. The number of hydrazone groups is 1. The number of carbonyl (C=O) groups excluding carboxylic acids is 1. The van der Waals surface area contributed by atoms with E-state index in [0.717, 1.165) is 11.4 Å². The first-order valence-corrected chi connectivity index (χ1v) is 6.52. The second-order valence-corrected chi connectivity index (χ2v) is 4.43. The molecule has 0 radical (unpaired) electrons. The van der Waals surface area contributed by atoms with Crippen LogP contribution in [0.15, 0.2) is 29.4 Å². The smallest absolute Gasteiger partial charge is 0.196 e. The normalized spacial score (nSPS) is 15.1. The van der Waals surface area contributed by atoms with Gasteiger partial charge in [0.2, 0.25) is 0 Å². The average Bonchev–Trinajstić information content (AvgIpc) is 2.49. The van der Waals surface area contributed by atoms with E-state index < -0.39 is 0 Å². The summed E-state index contributed by atoms with van der Waals surface area (Å²) in [6.07, 6.45) is 0. The predicted molar refractivity (Wildman–Crippen MR) is 84.4 cm³/mol. The lowest BCUT2D eigenvalue weighted by Crippen LogP contribution is -2.44. The second-order valence-electron chi connectivity index (χ2n) is 4.43. The van der Waals surface area contributed by atoms with Gasteiger partial charge in [0.1, 0.15) is 5.75 Å². The third-order valence-electron chi connectivity index (χ3n) is 3.01. The summed E-state index contributed by atoms with van der Waals surface area (Å²) in [7, 11) is 1.62. The number of morpholine rings is 1. The zero-order valence-corrected chi connectivity index (χ0v) is 13.0. The van der Waals surface area contributed by atoms with Crippen LogP contribution in [-0.4, -0.2) is 49.9 Å². The first-order valence-electron chi connectivity index (χ1n) is 6.52. The number of hydrogen-bond acceptors (Lipinski definition) is 5. The van der Waals surface area contributed by atoms with Crippen molar-refractivity contribution in [2.75, 3.05) is 38.8 Å². The monoisotopic (exact) mass is 313 g/mol. The highest BCUT2D eigenvalue weighted by Gasteiger charge is 2.18. The molecule has 116 valence electrons. The fourth-order valence-corrected chi connectivity index (χ4v) is 1.93. The maximum Gasteiger partial charge on any atom is 0.196 e. The number of anilines is 1. The van der Waals surface area contributed by atoms with Gasteiger partial charge >= 0.3 is 0 Å². The number of ketones is 1. The molecule has 0 amide bonds. The first kappa shape index (κ1) is 17.3. The van der Waals surface area contributed by atoms with Crippen LogP contribution in [0, 0.1) is 0 Å². The van der Waals surface area contributed by atoms with Gasteiger partial charge in [-0.25, -0.2) is 0 Å². The lowest BCUT2D eigenvalue weighted by Gasteiger charge is -2.28. The number of rotatable bonds is 4. The summed E-state index contributed by atoms with van der Waals surface area (Å²) in [5, 5.41) is 4.22. The number of nitrogens with zero attached hydrogens (tertiary/aromatic N) is 2. The summed E-state index contributed by atoms with van der Waals surface area (Å²) in [5.41, 5.74) is 3.71. The van der Waals surface area contributed by atoms with E-state index in [0.29, 0.717) is 32.1 Å². The number of nitrogens with one attached hydrogen (secondary N) is 1. The molecule has 1 heterocycles. The third kappa shape index (κ3) is 4.91. The van der Waals surface area contributed by atoms with Crippen LogP contribution in [0.5, 0.6) is 5.75 Å². The molecule has 0 aromatic heterocycles. The topological polar surface area (TPSA) is 63.2 Å². The number of ether oxygens (including phenoxy) is 2. The highest BCUT2D eigenvalue weighted by Crippen LogP contribution is 2.15. The van der Waals surface area contributed by atoms with Gasteiger partial charge in [-0.05, 0) is 24.3 Å². The standard InChI is InChI=1S/C14H19N3O3.ClH/c1-11(18)14(17-7-9-20-10-8-17)16-15-12-3-5-13(19-2)6-4-12;/h3-6,15H,7-10H2,1-2H3;1H. The van der Waals surface area contributed by atoms with Gasteiger partial charge in [-0.15, -0.1) is 12.4 Å². The molecule has 7 heteroatoms. The van der Waals surface area contributed by atoms with Crippen molar-refractivity contribution in [3.8, 4) is 5.75 Å². The maximum atomic E-state index is 11.7. The van der Waals surface area contributed by atoms with Gasteiger partial charge in [0.25, 0.3) is 0 Å². The minimum Gasteiger partial charge on any atom is -0.497 e. The van der Waals surface area contributed by atoms with Gasteiger partial charge in [-0.2, -0.15) is 5.10 Å². The van der Waals surface area contributed by atoms with Crippen molar-refractivity contribution in [1.29, 1.82) is 0 Å². The lowest BCUT2D eigenvalue weighted by molar-refractivity contribution is -0.112. The highest BCUT2D eigenvalue weighted by atomic mass is 35.5. The number of hydrogen-bond donors (Lipinski definition) is 1. The van der Waals surface area contributed by atoms with E-state index in [1.807, 2.05) is 29.2 Å². The molecule has 0 spiro atoms. The zero-order chi connectivity index (χ0) is 14.4. The Morgan fingerprint density at radius 3 is 2.43 bits per heavy atom. The minimum atomic E-state index is -0.0621. The van der Waals surface area contributed by atoms with Gasteiger partial charge in [-0.1, -0.05) is 0 Å². The van der Waals surface area contributed by atoms with E-state index in [4.69, 9.17) is 9.47 Å². The van der Waals surface area contributed by atoms with Crippen molar-refractivity contribution in [2.45, 2.75) is 6.92 Å². The number of benzene rings is 1. The Balaban J connectivity index is 0.00000220. The quantitative estimate of drug-likeness (QED) is 0.521. The molecule has 1 fully saturated rings. The molecule has 1 aromatic rings. The molecule has 0 bridgehead atoms. The molecule has 0 saturated carbocycles. The van der Waals surface area contributed by atoms with Crippen molar-refractivity contribution < 1.29 is 14.3 Å². The largest absolute Gasteiger partial charge is 0.497 e.